The van der Waals surface area contributed by atoms with Gasteiger partial charge in [-0.25, -0.2) is 0 Å². The van der Waals surface area contributed by atoms with E-state index in [-0.39, 0.29) is 43.1 Å². The fraction of sp³-hybridized carbons (Fsp3) is 0.479. The average molecular weight is 1080 g/mol. The van der Waals surface area contributed by atoms with E-state index in [0.29, 0.717) is 24.0 Å². The topological polar surface area (TPSA) is 415 Å². The van der Waals surface area contributed by atoms with Crippen LogP contribution in [0.25, 0.3) is 10.9 Å². The molecule has 2 saturated heterocycles. The molecule has 5 rings (SSSR count). The summed E-state index contributed by atoms with van der Waals surface area (Å²) < 4.78 is 0. The first-order valence-corrected chi connectivity index (χ1v) is 26.7. The molecule has 1 aromatic heterocycles. The Morgan fingerprint density at radius 3 is 2.12 bits per heavy atom. The number of aromatic hydroxyl groups is 1. The maximum absolute atomic E-state index is 14.7. The minimum Gasteiger partial charge on any atom is -0.508 e. The van der Waals surface area contributed by atoms with Crippen molar-refractivity contribution in [1.29, 1.82) is 0 Å². The lowest BCUT2D eigenvalue weighted by Gasteiger charge is -2.31. The third kappa shape index (κ3) is 17.1. The van der Waals surface area contributed by atoms with Gasteiger partial charge in [0.1, 0.15) is 48.0 Å². The van der Waals surface area contributed by atoms with E-state index in [1.807, 2.05) is 18.2 Å². The van der Waals surface area contributed by atoms with Crippen LogP contribution in [0, 0.1) is 5.92 Å². The monoisotopic (exact) mass is 1080 g/mol. The SMILES string of the molecule is CC[C@H](C)[C@@H]1NC(=O)[C@H](Cc2ccc(O)cc2)NC(=O)[C@@H](N)CSSC[C@@H](C(=O)N2CCC[C@H]2C(=O)N[C@@H](Cc2c[nH]c3ccccc23)C(=O)NCC(N)=O)NC(=O)[C@H](CC(N)=O)NC(=O)[C@H](CCC(N)=O)NC1=O. The summed E-state index contributed by atoms with van der Waals surface area (Å²) in [5.74, 6) is -10.5. The first kappa shape index (κ1) is 58.5. The van der Waals surface area contributed by atoms with Crippen molar-refractivity contribution in [2.45, 2.75) is 114 Å². The van der Waals surface area contributed by atoms with Crippen LogP contribution in [-0.2, 0) is 65.6 Å². The number of carbonyl (C=O) groups is 11. The molecule has 2 aliphatic heterocycles. The fourth-order valence-electron chi connectivity index (χ4n) is 8.37. The predicted octanol–water partition coefficient (Wildman–Crippen LogP) is -2.93. The van der Waals surface area contributed by atoms with Crippen molar-refractivity contribution in [2.24, 2.45) is 28.9 Å². The Morgan fingerprint density at radius 1 is 0.787 bits per heavy atom. The van der Waals surface area contributed by atoms with Crippen LogP contribution in [-0.4, -0.2) is 153 Å². The number of phenols is 1. The number of aromatic nitrogens is 1. The highest BCUT2D eigenvalue weighted by Crippen LogP contribution is 2.26. The molecular weight excluding hydrogens is 1010 g/mol. The van der Waals surface area contributed by atoms with Gasteiger partial charge in [0.2, 0.25) is 65.0 Å². The number of aromatic amines is 1. The number of likely N-dealkylation sites (tertiary alicyclic amines) is 1. The summed E-state index contributed by atoms with van der Waals surface area (Å²) in [4.78, 5) is 153. The first-order chi connectivity index (χ1) is 35.6. The smallest absolute Gasteiger partial charge is 0.246 e. The van der Waals surface area contributed by atoms with Crippen molar-refractivity contribution < 1.29 is 57.8 Å². The van der Waals surface area contributed by atoms with Gasteiger partial charge in [-0.1, -0.05) is 72.2 Å². The third-order valence-corrected chi connectivity index (χ3v) is 15.1. The molecule has 17 N–H and O–H groups in total. The fourth-order valence-corrected chi connectivity index (χ4v) is 10.6. The van der Waals surface area contributed by atoms with Gasteiger partial charge in [-0.2, -0.15) is 0 Å². The summed E-state index contributed by atoms with van der Waals surface area (Å²) in [6.07, 6.45) is 0.672. The van der Waals surface area contributed by atoms with Crippen LogP contribution in [0.2, 0.25) is 0 Å². The van der Waals surface area contributed by atoms with E-state index in [1.54, 1.807) is 26.1 Å². The molecule has 2 fully saturated rings. The van der Waals surface area contributed by atoms with Gasteiger partial charge in [0.25, 0.3) is 0 Å². The molecule has 0 bridgehead atoms. The lowest BCUT2D eigenvalue weighted by molar-refractivity contribution is -0.142. The highest BCUT2D eigenvalue weighted by molar-refractivity contribution is 8.76. The van der Waals surface area contributed by atoms with Crippen molar-refractivity contribution in [2.75, 3.05) is 24.6 Å². The number of primary amides is 3. The van der Waals surface area contributed by atoms with Crippen molar-refractivity contribution in [3.63, 3.8) is 0 Å². The number of nitrogens with two attached hydrogens (primary N) is 4. The normalized spacial score (nSPS) is 23.3. The summed E-state index contributed by atoms with van der Waals surface area (Å²) in [5, 5.41) is 28.7. The number of benzene rings is 2. The van der Waals surface area contributed by atoms with E-state index in [0.717, 1.165) is 32.5 Å². The van der Waals surface area contributed by atoms with Crippen molar-refractivity contribution in [3.05, 3.63) is 65.9 Å². The lowest BCUT2D eigenvalue weighted by Crippen LogP contribution is -2.61. The van der Waals surface area contributed by atoms with Gasteiger partial charge in [0.05, 0.1) is 19.0 Å². The number of hydrogen-bond acceptors (Lipinski definition) is 15. The van der Waals surface area contributed by atoms with E-state index in [1.165, 1.54) is 29.2 Å². The standard InChI is InChI=1S/C48H65N13O12S2/c1-3-24(2)40-47(72)55-31(14-15-37(50)63)43(68)57-34(19-38(51)64)44(69)59-35(23-75-74-22-29(49)41(66)56-32(45(70)60-40)17-25-10-12-27(62)13-11-25)48(73)61-16-6-9-36(61)46(71)58-33(42(67)54-21-39(52)65)18-26-20-53-30-8-5-4-7-28(26)30/h4-5,7-8,10-13,20,24,29,31-36,40,53,62H,3,6,9,14-19,21-23,49H2,1-2H3,(H2,50,63)(H2,51,64)(H2,52,65)(H,54,67)(H,55,72)(H,56,66)(H,57,68)(H,58,71)(H,59,69)(H,60,70)/t24-,29-,31-,32-,33-,34-,35-,36-,40-/m0/s1. The zero-order chi connectivity index (χ0) is 54.9. The van der Waals surface area contributed by atoms with Crippen LogP contribution in [0.15, 0.2) is 54.7 Å². The van der Waals surface area contributed by atoms with Crippen LogP contribution in [0.1, 0.15) is 63.5 Å². The van der Waals surface area contributed by atoms with Crippen molar-refractivity contribution in [3.8, 4) is 5.75 Å². The third-order valence-electron chi connectivity index (χ3n) is 12.7. The molecule has 0 radical (unpaired) electrons. The Morgan fingerprint density at radius 2 is 1.44 bits per heavy atom. The number of amides is 11. The van der Waals surface area contributed by atoms with Gasteiger partial charge >= 0.3 is 0 Å². The van der Waals surface area contributed by atoms with Gasteiger partial charge in [-0.3, -0.25) is 52.7 Å². The average Bonchev–Trinajstić information content (AvgIpc) is 4.04. The molecular formula is C48H65N13O12S2. The van der Waals surface area contributed by atoms with Crippen LogP contribution in [0.4, 0.5) is 0 Å². The van der Waals surface area contributed by atoms with E-state index < -0.39 is 145 Å². The number of carbonyl (C=O) groups excluding carboxylic acids is 11. The Kier molecular flexibility index (Phi) is 21.7. The molecule has 3 heterocycles. The molecule has 3 aromatic rings. The Bertz CT molecular complexity index is 2600. The number of rotatable bonds is 17. The highest BCUT2D eigenvalue weighted by Gasteiger charge is 2.41. The molecule has 2 aromatic carbocycles. The van der Waals surface area contributed by atoms with Crippen molar-refractivity contribution >= 4 is 97.5 Å². The summed E-state index contributed by atoms with van der Waals surface area (Å²) in [6, 6.07) is 1.91. The minimum atomic E-state index is -1.77. The Balaban J connectivity index is 1.46. The number of nitrogens with zero attached hydrogens (tertiary/aromatic N) is 1. The predicted molar refractivity (Wildman–Crippen MR) is 277 cm³/mol. The maximum atomic E-state index is 14.7. The quantitative estimate of drug-likeness (QED) is 0.0602. The van der Waals surface area contributed by atoms with Crippen LogP contribution >= 0.6 is 21.6 Å². The highest BCUT2D eigenvalue weighted by atomic mass is 33.1. The van der Waals surface area contributed by atoms with Gasteiger partial charge in [-0.05, 0) is 54.5 Å². The zero-order valence-corrected chi connectivity index (χ0v) is 43.0. The summed E-state index contributed by atoms with van der Waals surface area (Å²) in [5.41, 5.74) is 24.6. The summed E-state index contributed by atoms with van der Waals surface area (Å²) in [6.45, 7) is 2.90. The van der Waals surface area contributed by atoms with Crippen LogP contribution < -0.4 is 60.2 Å². The first-order valence-electron chi connectivity index (χ1n) is 24.2. The number of para-hydroxylation sites is 1. The van der Waals surface area contributed by atoms with Gasteiger partial charge in [0, 0.05) is 54.4 Å². The van der Waals surface area contributed by atoms with E-state index >= 15 is 0 Å². The summed E-state index contributed by atoms with van der Waals surface area (Å²) >= 11 is 0. The molecule has 75 heavy (non-hydrogen) atoms. The number of fused-ring (bicyclic) bond motifs is 1. The second-order valence-corrected chi connectivity index (χ2v) is 20.9. The molecule has 0 spiro atoms. The van der Waals surface area contributed by atoms with Gasteiger partial charge in [-0.15, -0.1) is 0 Å². The molecule has 0 unspecified atom stereocenters. The Labute approximate surface area is 439 Å². The maximum Gasteiger partial charge on any atom is 0.246 e. The summed E-state index contributed by atoms with van der Waals surface area (Å²) in [7, 11) is 2.03. The molecule has 0 saturated carbocycles. The molecule has 11 amide bonds. The number of nitrogens with one attached hydrogen (secondary N) is 8. The zero-order valence-electron chi connectivity index (χ0n) is 41.4. The van der Waals surface area contributed by atoms with E-state index in [4.69, 9.17) is 22.9 Å². The minimum absolute atomic E-state index is 0.0202. The second kappa shape index (κ2) is 27.8. The van der Waals surface area contributed by atoms with Crippen LogP contribution in [0.5, 0.6) is 5.75 Å². The molecule has 9 atom stereocenters. The molecule has 2 aliphatic rings. The molecule has 25 nitrogen and oxygen atoms in total. The number of H-pyrrole nitrogens is 1. The molecule has 406 valence electrons. The van der Waals surface area contributed by atoms with E-state index in [9.17, 15) is 57.8 Å². The lowest BCUT2D eigenvalue weighted by atomic mass is 9.96. The van der Waals surface area contributed by atoms with Gasteiger partial charge in [0.15, 0.2) is 0 Å². The van der Waals surface area contributed by atoms with Crippen LogP contribution in [0.3, 0.4) is 0 Å². The largest absolute Gasteiger partial charge is 0.508 e. The second-order valence-electron chi connectivity index (χ2n) is 18.3. The Hall–Kier alpha value is -7.39. The van der Waals surface area contributed by atoms with Crippen molar-refractivity contribution in [1.82, 2.24) is 47.1 Å². The van der Waals surface area contributed by atoms with Gasteiger partial charge < -0.3 is 75.1 Å². The molecule has 0 aliphatic carbocycles. The molecule has 27 heteroatoms. The number of phenolic OH excluding ortho intramolecular Hbond substituents is 1. The number of hydrogen-bond donors (Lipinski definition) is 13. The van der Waals surface area contributed by atoms with E-state index in [2.05, 4.69) is 42.2 Å².